The van der Waals surface area contributed by atoms with Crippen LogP contribution in [-0.4, -0.2) is 25.1 Å². The zero-order valence-electron chi connectivity index (χ0n) is 13.0. The van der Waals surface area contributed by atoms with Crippen LogP contribution in [0.15, 0.2) is 42.5 Å². The molecule has 1 N–H and O–H groups in total. The molecule has 2 rings (SSSR count). The molecule has 0 fully saturated rings. The van der Waals surface area contributed by atoms with Crippen molar-refractivity contribution in [2.24, 2.45) is 0 Å². The van der Waals surface area contributed by atoms with Crippen LogP contribution in [-0.2, 0) is 9.53 Å². The van der Waals surface area contributed by atoms with E-state index >= 15 is 0 Å². The van der Waals surface area contributed by atoms with Crippen molar-refractivity contribution in [3.05, 3.63) is 58.1 Å². The number of carbonyl (C=O) groups is 2. The highest BCUT2D eigenvalue weighted by Crippen LogP contribution is 2.28. The van der Waals surface area contributed by atoms with E-state index < -0.39 is 18.0 Å². The van der Waals surface area contributed by atoms with Gasteiger partial charge >= 0.3 is 5.97 Å². The normalized spacial score (nSPS) is 11.5. The van der Waals surface area contributed by atoms with Gasteiger partial charge in [0.25, 0.3) is 5.91 Å². The van der Waals surface area contributed by atoms with E-state index in [9.17, 15) is 9.59 Å². The summed E-state index contributed by atoms with van der Waals surface area (Å²) in [5, 5.41) is 3.31. The number of nitrogens with one attached hydrogen (secondary N) is 1. The van der Waals surface area contributed by atoms with E-state index in [0.717, 1.165) is 0 Å². The van der Waals surface area contributed by atoms with Crippen LogP contribution in [0, 0.1) is 0 Å². The Morgan fingerprint density at radius 2 is 1.83 bits per heavy atom. The van der Waals surface area contributed by atoms with Gasteiger partial charge in [-0.2, -0.15) is 0 Å². The molecule has 0 radical (unpaired) electrons. The van der Waals surface area contributed by atoms with Crippen LogP contribution in [0.25, 0.3) is 0 Å². The summed E-state index contributed by atoms with van der Waals surface area (Å²) in [6.07, 6.45) is -1.03. The molecule has 0 bridgehead atoms. The maximum absolute atomic E-state index is 12.2. The van der Waals surface area contributed by atoms with Gasteiger partial charge < -0.3 is 14.8 Å². The molecule has 0 saturated carbocycles. The fraction of sp³-hybridized carbons (Fsp3) is 0.176. The molecule has 0 heterocycles. The quantitative estimate of drug-likeness (QED) is 0.804. The molecule has 7 heteroatoms. The summed E-state index contributed by atoms with van der Waals surface area (Å²) in [5.74, 6) is -0.755. The van der Waals surface area contributed by atoms with Crippen LogP contribution in [0.5, 0.6) is 5.75 Å². The molecule has 0 aliphatic carbocycles. The molecule has 1 atom stereocenters. The number of hydrogen-bond donors (Lipinski definition) is 1. The molecular weight excluding hydrogens is 353 g/mol. The van der Waals surface area contributed by atoms with E-state index in [-0.39, 0.29) is 10.6 Å². The van der Waals surface area contributed by atoms with Gasteiger partial charge in [0.1, 0.15) is 5.75 Å². The first-order valence-electron chi connectivity index (χ1n) is 7.02. The van der Waals surface area contributed by atoms with Crippen LogP contribution in [0.1, 0.15) is 17.3 Å². The number of methoxy groups -OCH3 is 1. The minimum Gasteiger partial charge on any atom is -0.495 e. The van der Waals surface area contributed by atoms with E-state index in [1.807, 2.05) is 0 Å². The first kappa shape index (κ1) is 18.1. The van der Waals surface area contributed by atoms with Gasteiger partial charge in [-0.15, -0.1) is 0 Å². The molecule has 1 unspecified atom stereocenters. The summed E-state index contributed by atoms with van der Waals surface area (Å²) >= 11 is 11.8. The molecule has 0 aliphatic rings. The highest BCUT2D eigenvalue weighted by Gasteiger charge is 2.21. The van der Waals surface area contributed by atoms with Gasteiger partial charge in [0.2, 0.25) is 0 Å². The van der Waals surface area contributed by atoms with Crippen LogP contribution in [0.3, 0.4) is 0 Å². The molecular formula is C17H15Cl2NO4. The van der Waals surface area contributed by atoms with Gasteiger partial charge in [-0.25, -0.2) is 4.79 Å². The summed E-state index contributed by atoms with van der Waals surface area (Å²) in [6, 6.07) is 11.2. The predicted molar refractivity (Wildman–Crippen MR) is 93.0 cm³/mol. The Bertz CT molecular complexity index is 764. The Morgan fingerprint density at radius 3 is 2.50 bits per heavy atom. The Hall–Kier alpha value is -2.24. The second-order valence-electron chi connectivity index (χ2n) is 4.86. The fourth-order valence-electron chi connectivity index (χ4n) is 1.92. The van der Waals surface area contributed by atoms with Gasteiger partial charge in [-0.3, -0.25) is 4.79 Å². The summed E-state index contributed by atoms with van der Waals surface area (Å²) < 4.78 is 10.3. The van der Waals surface area contributed by atoms with E-state index in [0.29, 0.717) is 16.5 Å². The number of carbonyl (C=O) groups excluding carboxylic acids is 2. The third kappa shape index (κ3) is 4.40. The molecule has 0 saturated heterocycles. The number of anilines is 1. The van der Waals surface area contributed by atoms with Crippen molar-refractivity contribution in [1.29, 1.82) is 0 Å². The number of amides is 1. The van der Waals surface area contributed by atoms with Gasteiger partial charge in [0, 0.05) is 5.02 Å². The average Bonchev–Trinajstić information content (AvgIpc) is 2.55. The van der Waals surface area contributed by atoms with Crippen LogP contribution >= 0.6 is 23.2 Å². The molecule has 2 aromatic carbocycles. The third-order valence-electron chi connectivity index (χ3n) is 3.17. The van der Waals surface area contributed by atoms with Crippen LogP contribution in [0.4, 0.5) is 5.69 Å². The minimum absolute atomic E-state index is 0.194. The number of hydrogen-bond acceptors (Lipinski definition) is 4. The number of esters is 1. The standard InChI is InChI=1S/C17H15Cl2NO4/c1-10(24-17(22)12-5-3-4-6-13(12)19)16(21)20-14-9-11(18)7-8-15(14)23-2/h3-10H,1-2H3,(H,20,21). The average molecular weight is 368 g/mol. The second-order valence-corrected chi connectivity index (χ2v) is 5.70. The lowest BCUT2D eigenvalue weighted by Gasteiger charge is -2.15. The first-order valence-corrected chi connectivity index (χ1v) is 7.78. The predicted octanol–water partition coefficient (Wildman–Crippen LogP) is 4.19. The van der Waals surface area contributed by atoms with Gasteiger partial charge in [-0.1, -0.05) is 35.3 Å². The van der Waals surface area contributed by atoms with E-state index in [2.05, 4.69) is 5.32 Å². The number of benzene rings is 2. The van der Waals surface area contributed by atoms with Crippen LogP contribution < -0.4 is 10.1 Å². The monoisotopic (exact) mass is 367 g/mol. The number of rotatable bonds is 5. The lowest BCUT2D eigenvalue weighted by Crippen LogP contribution is -2.30. The van der Waals surface area contributed by atoms with Crippen molar-refractivity contribution >= 4 is 40.8 Å². The Kier molecular flexibility index (Phi) is 6.06. The van der Waals surface area contributed by atoms with Crippen molar-refractivity contribution in [1.82, 2.24) is 0 Å². The molecule has 24 heavy (non-hydrogen) atoms. The minimum atomic E-state index is -1.03. The second kappa shape index (κ2) is 8.04. The first-order chi connectivity index (χ1) is 11.4. The topological polar surface area (TPSA) is 64.6 Å². The summed E-state index contributed by atoms with van der Waals surface area (Å²) in [5.41, 5.74) is 0.579. The Labute approximate surface area is 149 Å². The van der Waals surface area contributed by atoms with Gasteiger partial charge in [0.05, 0.1) is 23.4 Å². The van der Waals surface area contributed by atoms with Crippen molar-refractivity contribution in [3.8, 4) is 5.75 Å². The molecule has 0 spiro atoms. The highest BCUT2D eigenvalue weighted by atomic mass is 35.5. The maximum Gasteiger partial charge on any atom is 0.340 e. The van der Waals surface area contributed by atoms with Gasteiger partial charge in [-0.05, 0) is 37.3 Å². The van der Waals surface area contributed by atoms with E-state index in [1.54, 1.807) is 36.4 Å². The van der Waals surface area contributed by atoms with Crippen LogP contribution in [0.2, 0.25) is 10.0 Å². The smallest absolute Gasteiger partial charge is 0.340 e. The van der Waals surface area contributed by atoms with Crippen molar-refractivity contribution in [2.45, 2.75) is 13.0 Å². The zero-order chi connectivity index (χ0) is 17.7. The number of halogens is 2. The van der Waals surface area contributed by atoms with Gasteiger partial charge in [0.15, 0.2) is 6.10 Å². The lowest BCUT2D eigenvalue weighted by atomic mass is 10.2. The molecule has 1 amide bonds. The number of ether oxygens (including phenoxy) is 2. The van der Waals surface area contributed by atoms with E-state index in [1.165, 1.54) is 20.1 Å². The molecule has 126 valence electrons. The summed E-state index contributed by atoms with van der Waals surface area (Å²) in [6.45, 7) is 1.46. The summed E-state index contributed by atoms with van der Waals surface area (Å²) in [7, 11) is 1.47. The molecule has 5 nitrogen and oxygen atoms in total. The lowest BCUT2D eigenvalue weighted by molar-refractivity contribution is -0.123. The molecule has 0 aliphatic heterocycles. The molecule has 0 aromatic heterocycles. The Morgan fingerprint density at radius 1 is 1.12 bits per heavy atom. The molecule has 2 aromatic rings. The van der Waals surface area contributed by atoms with Crippen molar-refractivity contribution in [3.63, 3.8) is 0 Å². The van der Waals surface area contributed by atoms with Crippen molar-refractivity contribution < 1.29 is 19.1 Å². The fourth-order valence-corrected chi connectivity index (χ4v) is 2.30. The highest BCUT2D eigenvalue weighted by molar-refractivity contribution is 6.33. The largest absolute Gasteiger partial charge is 0.495 e. The summed E-state index contributed by atoms with van der Waals surface area (Å²) in [4.78, 5) is 24.3. The zero-order valence-corrected chi connectivity index (χ0v) is 14.5. The third-order valence-corrected chi connectivity index (χ3v) is 3.73. The maximum atomic E-state index is 12.2. The van der Waals surface area contributed by atoms with Crippen molar-refractivity contribution in [2.75, 3.05) is 12.4 Å². The Balaban J connectivity index is 2.06. The SMILES string of the molecule is COc1ccc(Cl)cc1NC(=O)C(C)OC(=O)c1ccccc1Cl. The van der Waals surface area contributed by atoms with E-state index in [4.69, 9.17) is 32.7 Å².